The van der Waals surface area contributed by atoms with E-state index in [-0.39, 0.29) is 6.54 Å². The maximum atomic E-state index is 11.7. The van der Waals surface area contributed by atoms with Crippen LogP contribution in [0.5, 0.6) is 0 Å². The van der Waals surface area contributed by atoms with E-state index in [1.165, 1.54) is 6.07 Å². The van der Waals surface area contributed by atoms with Crippen molar-refractivity contribution in [3.63, 3.8) is 0 Å². The molecule has 0 saturated carbocycles. The van der Waals surface area contributed by atoms with Crippen LogP contribution in [0.2, 0.25) is 5.02 Å². The monoisotopic (exact) mass is 291 g/mol. The van der Waals surface area contributed by atoms with Gasteiger partial charge in [-0.3, -0.25) is 14.5 Å². The van der Waals surface area contributed by atoms with Gasteiger partial charge >= 0.3 is 0 Å². The summed E-state index contributed by atoms with van der Waals surface area (Å²) in [6.07, 6.45) is 1.01. The summed E-state index contributed by atoms with van der Waals surface area (Å²) in [6, 6.07) is 4.69. The summed E-state index contributed by atoms with van der Waals surface area (Å²) in [6.45, 7) is 1.37. The Labute approximate surface area is 111 Å². The smallest absolute Gasteiger partial charge is 0.254 e. The minimum absolute atomic E-state index is 0.364. The van der Waals surface area contributed by atoms with Crippen LogP contribution in [0.3, 0.4) is 0 Å². The molecule has 1 rings (SSSR count). The van der Waals surface area contributed by atoms with Crippen molar-refractivity contribution in [3.05, 3.63) is 28.8 Å². The quantitative estimate of drug-likeness (QED) is 0.477. The lowest BCUT2D eigenvalue weighted by atomic mass is 10.2. The number of carbonyl (C=O) groups excluding carboxylic acids is 1. The molecule has 3 N–H and O–H groups in total. The second kappa shape index (κ2) is 5.55. The van der Waals surface area contributed by atoms with E-state index >= 15 is 0 Å². The topological polar surface area (TPSA) is 92.5 Å². The van der Waals surface area contributed by atoms with Gasteiger partial charge in [0.15, 0.2) is 0 Å². The van der Waals surface area contributed by atoms with E-state index in [9.17, 15) is 13.2 Å². The number of hydrogen-bond donors (Lipinski definition) is 2. The lowest BCUT2D eigenvalue weighted by Crippen LogP contribution is -2.42. The van der Waals surface area contributed by atoms with Gasteiger partial charge in [-0.25, -0.2) is 14.3 Å². The van der Waals surface area contributed by atoms with Crippen molar-refractivity contribution in [2.45, 2.75) is 6.92 Å². The number of sulfonamides is 1. The molecule has 0 saturated heterocycles. The predicted molar refractivity (Wildman–Crippen MR) is 70.7 cm³/mol. The summed E-state index contributed by atoms with van der Waals surface area (Å²) in [5, 5.41) is 0.524. The highest BCUT2D eigenvalue weighted by Gasteiger charge is 2.20. The van der Waals surface area contributed by atoms with Gasteiger partial charge in [0, 0.05) is 5.02 Å². The average Bonchev–Trinajstić information content (AvgIpc) is 2.28. The summed E-state index contributed by atoms with van der Waals surface area (Å²) >= 11 is 5.87. The Kier molecular flexibility index (Phi) is 4.55. The number of nitrogens with two attached hydrogens (primary N) is 1. The molecule has 0 radical (unpaired) electrons. The van der Waals surface area contributed by atoms with E-state index in [0.717, 1.165) is 16.1 Å². The van der Waals surface area contributed by atoms with E-state index in [2.05, 4.69) is 0 Å². The van der Waals surface area contributed by atoms with Gasteiger partial charge in [-0.1, -0.05) is 11.6 Å². The summed E-state index contributed by atoms with van der Waals surface area (Å²) in [5.74, 6) is 4.35. The van der Waals surface area contributed by atoms with Gasteiger partial charge in [-0.05, 0) is 30.7 Å². The van der Waals surface area contributed by atoms with Crippen molar-refractivity contribution < 1.29 is 13.2 Å². The van der Waals surface area contributed by atoms with Crippen LogP contribution in [0.15, 0.2) is 18.2 Å². The molecule has 6 nitrogen and oxygen atoms in total. The fourth-order valence-electron chi connectivity index (χ4n) is 1.36. The summed E-state index contributed by atoms with van der Waals surface area (Å²) in [5.41, 5.74) is 2.97. The molecule has 0 bridgehead atoms. The standard InChI is InChI=1S/C10H14ClN3O3S/c1-7-5-8(3-4-9(7)11)14(18(2,16)17)6-10(15)13-12/h3-5H,6,12H2,1-2H3,(H,13,15). The fourth-order valence-corrected chi connectivity index (χ4v) is 2.33. The van der Waals surface area contributed by atoms with Crippen LogP contribution in [-0.4, -0.2) is 27.1 Å². The van der Waals surface area contributed by atoms with Gasteiger partial charge < -0.3 is 0 Å². The first-order valence-electron chi connectivity index (χ1n) is 4.99. The minimum atomic E-state index is -3.58. The normalized spacial score (nSPS) is 11.1. The Morgan fingerprint density at radius 2 is 2.11 bits per heavy atom. The number of halogens is 1. The Balaban J connectivity index is 3.18. The van der Waals surface area contributed by atoms with Crippen molar-refractivity contribution in [2.24, 2.45) is 5.84 Å². The zero-order valence-corrected chi connectivity index (χ0v) is 11.5. The van der Waals surface area contributed by atoms with Crippen molar-refractivity contribution >= 4 is 33.2 Å². The first-order chi connectivity index (χ1) is 8.25. The van der Waals surface area contributed by atoms with E-state index < -0.39 is 15.9 Å². The lowest BCUT2D eigenvalue weighted by Gasteiger charge is -2.21. The predicted octanol–water partition coefficient (Wildman–Crippen LogP) is 0.404. The van der Waals surface area contributed by atoms with Crippen LogP contribution in [0, 0.1) is 6.92 Å². The third kappa shape index (κ3) is 3.59. The van der Waals surface area contributed by atoms with Gasteiger partial charge in [0.2, 0.25) is 10.0 Å². The molecule has 0 aliphatic rings. The molecule has 0 spiro atoms. The Morgan fingerprint density at radius 3 is 2.56 bits per heavy atom. The van der Waals surface area contributed by atoms with Crippen LogP contribution in [-0.2, 0) is 14.8 Å². The van der Waals surface area contributed by atoms with Gasteiger partial charge in [0.05, 0.1) is 11.9 Å². The molecule has 0 unspecified atom stereocenters. The van der Waals surface area contributed by atoms with E-state index in [4.69, 9.17) is 17.4 Å². The van der Waals surface area contributed by atoms with Gasteiger partial charge in [0.25, 0.3) is 5.91 Å². The molecule has 0 aromatic heterocycles. The van der Waals surface area contributed by atoms with Crippen LogP contribution in [0.25, 0.3) is 0 Å². The maximum absolute atomic E-state index is 11.7. The number of aryl methyl sites for hydroxylation is 1. The lowest BCUT2D eigenvalue weighted by molar-refractivity contribution is -0.119. The van der Waals surface area contributed by atoms with Crippen molar-refractivity contribution in [1.82, 2.24) is 5.43 Å². The highest BCUT2D eigenvalue weighted by atomic mass is 35.5. The first-order valence-corrected chi connectivity index (χ1v) is 7.21. The fraction of sp³-hybridized carbons (Fsp3) is 0.300. The number of hydrogen-bond acceptors (Lipinski definition) is 4. The van der Waals surface area contributed by atoms with Crippen molar-refractivity contribution in [3.8, 4) is 0 Å². The summed E-state index contributed by atoms with van der Waals surface area (Å²) in [4.78, 5) is 11.2. The molecule has 1 aromatic rings. The number of rotatable bonds is 4. The second-order valence-electron chi connectivity index (χ2n) is 3.77. The molecule has 100 valence electrons. The maximum Gasteiger partial charge on any atom is 0.254 e. The van der Waals surface area contributed by atoms with Crippen LogP contribution >= 0.6 is 11.6 Å². The minimum Gasteiger partial charge on any atom is -0.293 e. The van der Waals surface area contributed by atoms with E-state index in [1.54, 1.807) is 19.1 Å². The largest absolute Gasteiger partial charge is 0.293 e. The molecule has 0 aliphatic carbocycles. The Morgan fingerprint density at radius 1 is 1.50 bits per heavy atom. The zero-order valence-electron chi connectivity index (χ0n) is 9.97. The highest BCUT2D eigenvalue weighted by molar-refractivity contribution is 7.92. The highest BCUT2D eigenvalue weighted by Crippen LogP contribution is 2.23. The molecule has 1 amide bonds. The molecule has 0 fully saturated rings. The average molecular weight is 292 g/mol. The number of carbonyl (C=O) groups is 1. The number of anilines is 1. The van der Waals surface area contributed by atoms with E-state index in [0.29, 0.717) is 10.7 Å². The summed E-state index contributed by atoms with van der Waals surface area (Å²) in [7, 11) is -3.58. The van der Waals surface area contributed by atoms with Crippen LogP contribution in [0.1, 0.15) is 5.56 Å². The SMILES string of the molecule is Cc1cc(N(CC(=O)NN)S(C)(=O)=O)ccc1Cl. The van der Waals surface area contributed by atoms with Gasteiger partial charge in [-0.15, -0.1) is 0 Å². The third-order valence-electron chi connectivity index (χ3n) is 2.28. The number of amides is 1. The molecule has 0 aliphatic heterocycles. The molecule has 8 heteroatoms. The Bertz CT molecular complexity index is 559. The second-order valence-corrected chi connectivity index (χ2v) is 6.08. The summed E-state index contributed by atoms with van der Waals surface area (Å²) < 4.78 is 24.3. The molecule has 18 heavy (non-hydrogen) atoms. The first kappa shape index (κ1) is 14.7. The molecule has 0 atom stereocenters. The van der Waals surface area contributed by atoms with Crippen molar-refractivity contribution in [2.75, 3.05) is 17.1 Å². The number of benzene rings is 1. The number of nitrogens with zero attached hydrogens (tertiary/aromatic N) is 1. The van der Waals surface area contributed by atoms with Gasteiger partial charge in [0.1, 0.15) is 6.54 Å². The molecule has 1 aromatic carbocycles. The number of nitrogens with one attached hydrogen (secondary N) is 1. The van der Waals surface area contributed by atoms with Crippen molar-refractivity contribution in [1.29, 1.82) is 0 Å². The van der Waals surface area contributed by atoms with Gasteiger partial charge in [-0.2, -0.15) is 0 Å². The van der Waals surface area contributed by atoms with Crippen LogP contribution < -0.4 is 15.6 Å². The molecule has 0 heterocycles. The molecular weight excluding hydrogens is 278 g/mol. The third-order valence-corrected chi connectivity index (χ3v) is 3.84. The van der Waals surface area contributed by atoms with Crippen LogP contribution in [0.4, 0.5) is 5.69 Å². The number of hydrazine groups is 1. The Hall–Kier alpha value is -1.31. The zero-order chi connectivity index (χ0) is 13.9. The molecular formula is C10H14ClN3O3S. The van der Waals surface area contributed by atoms with E-state index in [1.807, 2.05) is 5.43 Å².